The van der Waals surface area contributed by atoms with Crippen molar-refractivity contribution in [2.75, 3.05) is 7.11 Å². The van der Waals surface area contributed by atoms with E-state index in [1.165, 1.54) is 7.11 Å². The van der Waals surface area contributed by atoms with Gasteiger partial charge in [-0.3, -0.25) is 5.43 Å². The predicted molar refractivity (Wildman–Crippen MR) is 76.3 cm³/mol. The van der Waals surface area contributed by atoms with E-state index in [4.69, 9.17) is 17.0 Å². The number of hydrazone groups is 1. The van der Waals surface area contributed by atoms with Crippen LogP contribution >= 0.6 is 12.2 Å². The van der Waals surface area contributed by atoms with Gasteiger partial charge in [0.05, 0.1) is 13.3 Å². The summed E-state index contributed by atoms with van der Waals surface area (Å²) < 4.78 is 4.95. The van der Waals surface area contributed by atoms with E-state index in [0.29, 0.717) is 10.9 Å². The number of thiocarbonyl (C=S) groups is 1. The Kier molecular flexibility index (Phi) is 5.38. The minimum absolute atomic E-state index is 0.0735. The Morgan fingerprint density at radius 2 is 2.22 bits per heavy atom. The zero-order valence-corrected chi connectivity index (χ0v) is 11.4. The highest BCUT2D eigenvalue weighted by molar-refractivity contribution is 7.80. The van der Waals surface area contributed by atoms with Gasteiger partial charge in [0.2, 0.25) is 0 Å². The summed E-state index contributed by atoms with van der Waals surface area (Å²) in [7, 11) is 1.50. The summed E-state index contributed by atoms with van der Waals surface area (Å²) >= 11 is 5.01. The van der Waals surface area contributed by atoms with Crippen molar-refractivity contribution in [3.8, 4) is 11.5 Å². The third-order valence-electron chi connectivity index (χ3n) is 2.00. The molecule has 0 amide bonds. The fourth-order valence-electron chi connectivity index (χ4n) is 1.25. The van der Waals surface area contributed by atoms with Crippen molar-refractivity contribution in [1.29, 1.82) is 0 Å². The summed E-state index contributed by atoms with van der Waals surface area (Å²) in [4.78, 5) is 0. The minimum atomic E-state index is 0.0735. The number of rotatable bonds is 4. The molecule has 0 unspecified atom stereocenters. The van der Waals surface area contributed by atoms with E-state index in [2.05, 4.69) is 15.8 Å². The lowest BCUT2D eigenvalue weighted by atomic mass is 10.2. The molecule has 0 bridgehead atoms. The van der Waals surface area contributed by atoms with E-state index in [9.17, 15) is 5.11 Å². The van der Waals surface area contributed by atoms with Crippen LogP contribution in [0.3, 0.4) is 0 Å². The first-order valence-electron chi connectivity index (χ1n) is 5.49. The van der Waals surface area contributed by atoms with Crippen molar-refractivity contribution >= 4 is 23.5 Å². The number of hydrogen-bond donors (Lipinski definition) is 3. The topological polar surface area (TPSA) is 65.9 Å². The summed E-state index contributed by atoms with van der Waals surface area (Å²) in [6.07, 6.45) is 1.56. The van der Waals surface area contributed by atoms with E-state index in [1.54, 1.807) is 24.4 Å². The molecule has 0 saturated heterocycles. The lowest BCUT2D eigenvalue weighted by molar-refractivity contribution is 0.373. The molecular weight excluding hydrogens is 250 g/mol. The monoisotopic (exact) mass is 267 g/mol. The fraction of sp³-hybridized carbons (Fsp3) is 0.333. The normalized spacial score (nSPS) is 10.7. The highest BCUT2D eigenvalue weighted by atomic mass is 32.1. The molecule has 0 aliphatic carbocycles. The average Bonchev–Trinajstić information content (AvgIpc) is 2.28. The highest BCUT2D eigenvalue weighted by Gasteiger charge is 2.00. The zero-order chi connectivity index (χ0) is 13.5. The van der Waals surface area contributed by atoms with Crippen LogP contribution in [0.1, 0.15) is 19.4 Å². The molecule has 0 saturated carbocycles. The molecule has 6 heteroatoms. The summed E-state index contributed by atoms with van der Waals surface area (Å²) in [6, 6.07) is 5.26. The molecule has 0 aromatic heterocycles. The number of nitrogens with one attached hydrogen (secondary N) is 2. The maximum Gasteiger partial charge on any atom is 0.187 e. The number of aromatic hydroxyl groups is 1. The maximum absolute atomic E-state index is 9.57. The molecular formula is C12H17N3O2S. The summed E-state index contributed by atoms with van der Waals surface area (Å²) in [5.41, 5.74) is 3.43. The van der Waals surface area contributed by atoms with E-state index in [-0.39, 0.29) is 11.8 Å². The first-order chi connectivity index (χ1) is 8.52. The highest BCUT2D eigenvalue weighted by Crippen LogP contribution is 2.25. The van der Waals surface area contributed by atoms with E-state index >= 15 is 0 Å². The second-order valence-electron chi connectivity index (χ2n) is 3.93. The van der Waals surface area contributed by atoms with Crippen LogP contribution in [-0.2, 0) is 0 Å². The van der Waals surface area contributed by atoms with Gasteiger partial charge in [-0.1, -0.05) is 0 Å². The number of benzene rings is 1. The SMILES string of the molecule is COc1ccc(C=NNC(=S)NC(C)C)cc1O. The van der Waals surface area contributed by atoms with Gasteiger partial charge in [-0.25, -0.2) is 0 Å². The second-order valence-corrected chi connectivity index (χ2v) is 4.34. The Hall–Kier alpha value is -1.82. The molecule has 0 atom stereocenters. The molecule has 3 N–H and O–H groups in total. The lowest BCUT2D eigenvalue weighted by Gasteiger charge is -2.09. The Bertz CT molecular complexity index is 447. The van der Waals surface area contributed by atoms with E-state index < -0.39 is 0 Å². The van der Waals surface area contributed by atoms with Crippen LogP contribution in [0.4, 0.5) is 0 Å². The molecule has 18 heavy (non-hydrogen) atoms. The van der Waals surface area contributed by atoms with Crippen LogP contribution in [0.2, 0.25) is 0 Å². The van der Waals surface area contributed by atoms with Crippen molar-refractivity contribution in [3.05, 3.63) is 23.8 Å². The van der Waals surface area contributed by atoms with Gasteiger partial charge >= 0.3 is 0 Å². The molecule has 0 aliphatic heterocycles. The quantitative estimate of drug-likeness (QED) is 0.439. The van der Waals surface area contributed by atoms with Gasteiger partial charge in [-0.2, -0.15) is 5.10 Å². The van der Waals surface area contributed by atoms with Gasteiger partial charge < -0.3 is 15.2 Å². The Balaban J connectivity index is 2.57. The van der Waals surface area contributed by atoms with Crippen LogP contribution in [-0.4, -0.2) is 29.6 Å². The van der Waals surface area contributed by atoms with Crippen LogP contribution in [0.15, 0.2) is 23.3 Å². The Labute approximate surface area is 112 Å². The molecule has 5 nitrogen and oxygen atoms in total. The molecule has 98 valence electrons. The molecule has 0 radical (unpaired) electrons. The average molecular weight is 267 g/mol. The van der Waals surface area contributed by atoms with Crippen molar-refractivity contribution in [3.63, 3.8) is 0 Å². The summed E-state index contributed by atoms with van der Waals surface area (Å²) in [6.45, 7) is 3.97. The van der Waals surface area contributed by atoms with Crippen molar-refractivity contribution in [1.82, 2.24) is 10.7 Å². The molecule has 0 aliphatic rings. The first-order valence-corrected chi connectivity index (χ1v) is 5.90. The van der Waals surface area contributed by atoms with E-state index in [1.807, 2.05) is 13.8 Å². The summed E-state index contributed by atoms with van der Waals surface area (Å²) in [5.74, 6) is 0.501. The molecule has 0 spiro atoms. The first kappa shape index (κ1) is 14.2. The van der Waals surface area contributed by atoms with Crippen molar-refractivity contribution < 1.29 is 9.84 Å². The van der Waals surface area contributed by atoms with Crippen LogP contribution in [0.5, 0.6) is 11.5 Å². The van der Waals surface area contributed by atoms with E-state index in [0.717, 1.165) is 5.56 Å². The maximum atomic E-state index is 9.57. The standard InChI is InChI=1S/C12H17N3O2S/c1-8(2)14-12(18)15-13-7-9-4-5-11(17-3)10(16)6-9/h4-8,16H,1-3H3,(H2,14,15,18). The van der Waals surface area contributed by atoms with Gasteiger partial charge in [0.1, 0.15) is 0 Å². The zero-order valence-electron chi connectivity index (χ0n) is 10.6. The molecule has 0 fully saturated rings. The van der Waals surface area contributed by atoms with Crippen LogP contribution < -0.4 is 15.5 Å². The minimum Gasteiger partial charge on any atom is -0.504 e. The molecule has 0 heterocycles. The van der Waals surface area contributed by atoms with Gasteiger partial charge in [0.15, 0.2) is 16.6 Å². The van der Waals surface area contributed by atoms with Gasteiger partial charge in [0, 0.05) is 6.04 Å². The Morgan fingerprint density at radius 1 is 1.50 bits per heavy atom. The van der Waals surface area contributed by atoms with Crippen molar-refractivity contribution in [2.24, 2.45) is 5.10 Å². The number of ether oxygens (including phenoxy) is 1. The fourth-order valence-corrected chi connectivity index (χ4v) is 1.54. The summed E-state index contributed by atoms with van der Waals surface area (Å²) in [5, 5.41) is 17.0. The van der Waals surface area contributed by atoms with Crippen molar-refractivity contribution in [2.45, 2.75) is 19.9 Å². The molecule has 1 aromatic rings. The molecule has 1 aromatic carbocycles. The van der Waals surface area contributed by atoms with Crippen LogP contribution in [0, 0.1) is 0 Å². The Morgan fingerprint density at radius 3 is 2.78 bits per heavy atom. The number of nitrogens with zero attached hydrogens (tertiary/aromatic N) is 1. The number of hydrogen-bond acceptors (Lipinski definition) is 4. The second kappa shape index (κ2) is 6.80. The predicted octanol–water partition coefficient (Wildman–Crippen LogP) is 1.61. The molecule has 1 rings (SSSR count). The largest absolute Gasteiger partial charge is 0.504 e. The number of phenols is 1. The lowest BCUT2D eigenvalue weighted by Crippen LogP contribution is -2.36. The van der Waals surface area contributed by atoms with Gasteiger partial charge in [-0.15, -0.1) is 0 Å². The van der Waals surface area contributed by atoms with Crippen LogP contribution in [0.25, 0.3) is 0 Å². The van der Waals surface area contributed by atoms with Gasteiger partial charge in [0.25, 0.3) is 0 Å². The third kappa shape index (κ3) is 4.58. The number of phenolic OH excluding ortho intramolecular Hbond substituents is 1. The number of methoxy groups -OCH3 is 1. The smallest absolute Gasteiger partial charge is 0.187 e. The third-order valence-corrected chi connectivity index (χ3v) is 2.21. The van der Waals surface area contributed by atoms with Gasteiger partial charge in [-0.05, 0) is 49.8 Å².